The number of amides is 1. The van der Waals surface area contributed by atoms with Crippen LogP contribution >= 0.6 is 0 Å². The van der Waals surface area contributed by atoms with Crippen molar-refractivity contribution in [2.45, 2.75) is 6.04 Å². The number of aliphatic hydroxyl groups excluding tert-OH is 1. The van der Waals surface area contributed by atoms with Crippen molar-refractivity contribution in [2.24, 2.45) is 0 Å². The second kappa shape index (κ2) is 6.55. The Morgan fingerprint density at radius 1 is 1.44 bits per heavy atom. The van der Waals surface area contributed by atoms with Crippen LogP contribution < -0.4 is 10.1 Å². The number of nitrogens with zero attached hydrogens (tertiary/aromatic N) is 1. The topological polar surface area (TPSA) is 97.8 Å². The molecule has 0 unspecified atom stereocenters. The van der Waals surface area contributed by atoms with Gasteiger partial charge >= 0.3 is 5.97 Å². The van der Waals surface area contributed by atoms with Gasteiger partial charge in [-0.05, 0) is 6.07 Å². The summed E-state index contributed by atoms with van der Waals surface area (Å²) in [5, 5.41) is 11.3. The number of carbonyl (C=O) groups is 2. The van der Waals surface area contributed by atoms with Gasteiger partial charge in [0.15, 0.2) is 6.04 Å². The van der Waals surface area contributed by atoms with Gasteiger partial charge in [-0.2, -0.15) is 0 Å². The highest BCUT2D eigenvalue weighted by Crippen LogP contribution is 2.06. The summed E-state index contributed by atoms with van der Waals surface area (Å²) in [4.78, 5) is 26.8. The summed E-state index contributed by atoms with van der Waals surface area (Å²) in [6, 6.07) is 1.91. The molecule has 1 aromatic heterocycles. The number of methoxy groups -OCH3 is 2. The van der Waals surface area contributed by atoms with E-state index in [0.717, 1.165) is 0 Å². The number of nitrogens with one attached hydrogen (secondary N) is 1. The Balaban J connectivity index is 2.71. The number of carbonyl (C=O) groups excluding carboxylic acids is 2. The van der Waals surface area contributed by atoms with Gasteiger partial charge in [-0.25, -0.2) is 9.78 Å². The van der Waals surface area contributed by atoms with E-state index in [4.69, 9.17) is 9.84 Å². The first kappa shape index (κ1) is 13.9. The number of pyridine rings is 1. The molecule has 0 aromatic carbocycles. The summed E-state index contributed by atoms with van der Waals surface area (Å²) in [7, 11) is 2.63. The highest BCUT2D eigenvalue weighted by molar-refractivity contribution is 5.96. The molecular weight excluding hydrogens is 240 g/mol. The lowest BCUT2D eigenvalue weighted by atomic mass is 10.2. The van der Waals surface area contributed by atoms with Gasteiger partial charge < -0.3 is 19.9 Å². The average Bonchev–Trinajstić information content (AvgIpc) is 2.43. The molecule has 2 N–H and O–H groups in total. The number of aromatic nitrogens is 1. The Bertz CT molecular complexity index is 418. The number of rotatable bonds is 5. The van der Waals surface area contributed by atoms with Crippen LogP contribution in [0.15, 0.2) is 18.3 Å². The first-order valence-corrected chi connectivity index (χ1v) is 5.12. The Morgan fingerprint density at radius 2 is 2.17 bits per heavy atom. The third-order valence-corrected chi connectivity index (χ3v) is 2.18. The molecule has 1 heterocycles. The summed E-state index contributed by atoms with van der Waals surface area (Å²) in [5.41, 5.74) is 0.248. The standard InChI is InChI=1S/C11H14N2O5/c1-17-9-4-3-7(5-12-9)10(15)13-8(6-14)11(16)18-2/h3-5,8,14H,6H2,1-2H3,(H,13,15)/t8-/m0/s1. The zero-order valence-electron chi connectivity index (χ0n) is 10.0. The van der Waals surface area contributed by atoms with Crippen molar-refractivity contribution in [3.05, 3.63) is 23.9 Å². The van der Waals surface area contributed by atoms with Crippen LogP contribution in [0.25, 0.3) is 0 Å². The van der Waals surface area contributed by atoms with Crippen LogP contribution in [0, 0.1) is 0 Å². The molecule has 18 heavy (non-hydrogen) atoms. The van der Waals surface area contributed by atoms with E-state index in [9.17, 15) is 9.59 Å². The lowest BCUT2D eigenvalue weighted by Gasteiger charge is -2.13. The van der Waals surface area contributed by atoms with Gasteiger partial charge in [-0.15, -0.1) is 0 Å². The maximum Gasteiger partial charge on any atom is 0.330 e. The predicted octanol–water partition coefficient (Wildman–Crippen LogP) is -0.646. The van der Waals surface area contributed by atoms with E-state index in [-0.39, 0.29) is 5.56 Å². The van der Waals surface area contributed by atoms with E-state index in [1.807, 2.05) is 0 Å². The highest BCUT2D eigenvalue weighted by atomic mass is 16.5. The van der Waals surface area contributed by atoms with Crippen molar-refractivity contribution < 1.29 is 24.2 Å². The van der Waals surface area contributed by atoms with Crippen molar-refractivity contribution in [3.63, 3.8) is 0 Å². The summed E-state index contributed by atoms with van der Waals surface area (Å²) in [6.07, 6.45) is 1.31. The van der Waals surface area contributed by atoms with E-state index in [0.29, 0.717) is 5.88 Å². The van der Waals surface area contributed by atoms with Gasteiger partial charge in [0, 0.05) is 12.3 Å². The molecule has 0 aliphatic rings. The number of hydrogen-bond donors (Lipinski definition) is 2. The minimum Gasteiger partial charge on any atom is -0.481 e. The lowest BCUT2D eigenvalue weighted by Crippen LogP contribution is -2.44. The van der Waals surface area contributed by atoms with E-state index < -0.39 is 24.5 Å². The largest absolute Gasteiger partial charge is 0.481 e. The Labute approximate surface area is 104 Å². The van der Waals surface area contributed by atoms with Crippen LogP contribution in [-0.2, 0) is 9.53 Å². The molecular formula is C11H14N2O5. The Kier molecular flexibility index (Phi) is 5.06. The molecule has 0 aliphatic heterocycles. The molecule has 0 aliphatic carbocycles. The second-order valence-electron chi connectivity index (χ2n) is 3.32. The first-order valence-electron chi connectivity index (χ1n) is 5.12. The fraction of sp³-hybridized carbons (Fsp3) is 0.364. The molecule has 0 spiro atoms. The van der Waals surface area contributed by atoms with Crippen LogP contribution in [0.2, 0.25) is 0 Å². The summed E-state index contributed by atoms with van der Waals surface area (Å²) >= 11 is 0. The zero-order valence-corrected chi connectivity index (χ0v) is 10.0. The maximum absolute atomic E-state index is 11.7. The molecule has 7 heteroatoms. The molecule has 1 aromatic rings. The third kappa shape index (κ3) is 3.42. The van der Waals surface area contributed by atoms with Crippen molar-refractivity contribution in [1.29, 1.82) is 0 Å². The van der Waals surface area contributed by atoms with Gasteiger partial charge in [0.25, 0.3) is 5.91 Å². The Morgan fingerprint density at radius 3 is 2.61 bits per heavy atom. The lowest BCUT2D eigenvalue weighted by molar-refractivity contribution is -0.143. The summed E-state index contributed by atoms with van der Waals surface area (Å²) in [5.74, 6) is -0.875. The van der Waals surface area contributed by atoms with E-state index >= 15 is 0 Å². The molecule has 0 radical (unpaired) electrons. The van der Waals surface area contributed by atoms with Crippen LogP contribution in [-0.4, -0.2) is 48.8 Å². The number of hydrogen-bond acceptors (Lipinski definition) is 6. The van der Waals surface area contributed by atoms with Crippen LogP contribution in [0.1, 0.15) is 10.4 Å². The van der Waals surface area contributed by atoms with Crippen LogP contribution in [0.3, 0.4) is 0 Å². The first-order chi connectivity index (χ1) is 8.62. The number of ether oxygens (including phenoxy) is 2. The van der Waals surface area contributed by atoms with E-state index in [2.05, 4.69) is 15.0 Å². The Hall–Kier alpha value is -2.15. The molecule has 1 rings (SSSR count). The zero-order chi connectivity index (χ0) is 13.5. The quantitative estimate of drug-likeness (QED) is 0.678. The van der Waals surface area contributed by atoms with Crippen LogP contribution in [0.4, 0.5) is 0 Å². The number of aliphatic hydroxyl groups is 1. The maximum atomic E-state index is 11.7. The normalized spacial score (nSPS) is 11.5. The van der Waals surface area contributed by atoms with Crippen molar-refractivity contribution >= 4 is 11.9 Å². The fourth-order valence-electron chi connectivity index (χ4n) is 1.20. The molecule has 7 nitrogen and oxygen atoms in total. The van der Waals surface area contributed by atoms with Gasteiger partial charge in [0.1, 0.15) is 0 Å². The summed E-state index contributed by atoms with van der Waals surface area (Å²) < 4.78 is 9.28. The fourth-order valence-corrected chi connectivity index (χ4v) is 1.20. The number of esters is 1. The smallest absolute Gasteiger partial charge is 0.330 e. The molecule has 1 amide bonds. The highest BCUT2D eigenvalue weighted by Gasteiger charge is 2.21. The van der Waals surface area contributed by atoms with Gasteiger partial charge in [0.05, 0.1) is 26.4 Å². The molecule has 0 saturated heterocycles. The molecule has 98 valence electrons. The average molecular weight is 254 g/mol. The van der Waals surface area contributed by atoms with Crippen molar-refractivity contribution in [3.8, 4) is 5.88 Å². The molecule has 0 fully saturated rings. The van der Waals surface area contributed by atoms with Crippen molar-refractivity contribution in [1.82, 2.24) is 10.3 Å². The SMILES string of the molecule is COC(=O)[C@H](CO)NC(=O)c1ccc(OC)nc1. The van der Waals surface area contributed by atoms with Gasteiger partial charge in [0.2, 0.25) is 5.88 Å². The van der Waals surface area contributed by atoms with E-state index in [1.54, 1.807) is 0 Å². The molecule has 0 saturated carbocycles. The third-order valence-electron chi connectivity index (χ3n) is 2.18. The minimum atomic E-state index is -1.09. The van der Waals surface area contributed by atoms with Gasteiger partial charge in [-0.3, -0.25) is 4.79 Å². The van der Waals surface area contributed by atoms with Crippen molar-refractivity contribution in [2.75, 3.05) is 20.8 Å². The summed E-state index contributed by atoms with van der Waals surface area (Å²) in [6.45, 7) is -0.540. The molecule has 1 atom stereocenters. The minimum absolute atomic E-state index is 0.248. The second-order valence-corrected chi connectivity index (χ2v) is 3.32. The molecule has 0 bridgehead atoms. The van der Waals surface area contributed by atoms with Crippen LogP contribution in [0.5, 0.6) is 5.88 Å². The van der Waals surface area contributed by atoms with E-state index in [1.165, 1.54) is 32.5 Å². The predicted molar refractivity (Wildman–Crippen MR) is 61.1 cm³/mol. The van der Waals surface area contributed by atoms with Gasteiger partial charge in [-0.1, -0.05) is 0 Å². The monoisotopic (exact) mass is 254 g/mol.